The second-order valence-electron chi connectivity index (χ2n) is 5.94. The van der Waals surface area contributed by atoms with E-state index in [0.717, 1.165) is 51.3 Å². The summed E-state index contributed by atoms with van der Waals surface area (Å²) < 4.78 is 13.0. The number of carbonyl (C=O) groups excluding carboxylic acids is 1. The Balaban J connectivity index is 1.79. The zero-order valence-electron chi connectivity index (χ0n) is 13.6. The lowest BCUT2D eigenvalue weighted by Crippen LogP contribution is -2.51. The summed E-state index contributed by atoms with van der Waals surface area (Å²) in [5.41, 5.74) is 1.02. The predicted molar refractivity (Wildman–Crippen MR) is 87.6 cm³/mol. The molecule has 0 aliphatic carbocycles. The molecule has 1 aliphatic heterocycles. The standard InChI is InChI=1S/C17H26FN3O/c1-3-4-9-19(2)14-17(22)21-12-10-20(11-13-21)16-7-5-15(18)6-8-16/h5-8H,3-4,9-14H2,1-2H3. The zero-order chi connectivity index (χ0) is 15.9. The lowest BCUT2D eigenvalue weighted by Gasteiger charge is -2.36. The number of rotatable bonds is 6. The highest BCUT2D eigenvalue weighted by molar-refractivity contribution is 5.78. The first-order valence-electron chi connectivity index (χ1n) is 8.07. The molecule has 0 spiro atoms. The third kappa shape index (κ3) is 4.70. The molecule has 0 unspecified atom stereocenters. The number of piperazine rings is 1. The Labute approximate surface area is 132 Å². The third-order valence-electron chi connectivity index (χ3n) is 4.12. The van der Waals surface area contributed by atoms with E-state index in [4.69, 9.17) is 0 Å². The van der Waals surface area contributed by atoms with Crippen molar-refractivity contribution < 1.29 is 9.18 Å². The molecule has 1 amide bonds. The van der Waals surface area contributed by atoms with Crippen molar-refractivity contribution in [2.24, 2.45) is 0 Å². The molecule has 1 aromatic rings. The average molecular weight is 307 g/mol. The molecule has 0 atom stereocenters. The monoisotopic (exact) mass is 307 g/mol. The van der Waals surface area contributed by atoms with E-state index in [1.165, 1.54) is 12.1 Å². The van der Waals surface area contributed by atoms with Gasteiger partial charge in [-0.2, -0.15) is 0 Å². The van der Waals surface area contributed by atoms with Gasteiger partial charge in [-0.1, -0.05) is 13.3 Å². The van der Waals surface area contributed by atoms with Gasteiger partial charge in [0.25, 0.3) is 0 Å². The van der Waals surface area contributed by atoms with Gasteiger partial charge in [0.05, 0.1) is 6.54 Å². The van der Waals surface area contributed by atoms with E-state index >= 15 is 0 Å². The fraction of sp³-hybridized carbons (Fsp3) is 0.588. The molecule has 0 N–H and O–H groups in total. The van der Waals surface area contributed by atoms with Crippen LogP contribution >= 0.6 is 0 Å². The van der Waals surface area contributed by atoms with Crippen LogP contribution in [0.5, 0.6) is 0 Å². The second kappa shape index (κ2) is 8.13. The van der Waals surface area contributed by atoms with Crippen LogP contribution in [0.15, 0.2) is 24.3 Å². The number of hydrogen-bond acceptors (Lipinski definition) is 3. The van der Waals surface area contributed by atoms with E-state index in [-0.39, 0.29) is 11.7 Å². The molecule has 0 radical (unpaired) electrons. The van der Waals surface area contributed by atoms with E-state index in [0.29, 0.717) is 6.54 Å². The number of anilines is 1. The molecule has 1 heterocycles. The van der Waals surface area contributed by atoms with Crippen molar-refractivity contribution in [3.8, 4) is 0 Å². The second-order valence-corrected chi connectivity index (χ2v) is 5.94. The summed E-state index contributed by atoms with van der Waals surface area (Å²) in [5, 5.41) is 0. The summed E-state index contributed by atoms with van der Waals surface area (Å²) in [6, 6.07) is 6.56. The van der Waals surface area contributed by atoms with Gasteiger partial charge in [-0.05, 0) is 44.3 Å². The van der Waals surface area contributed by atoms with Crippen molar-refractivity contribution in [2.75, 3.05) is 51.2 Å². The number of nitrogens with zero attached hydrogens (tertiary/aromatic N) is 3. The quantitative estimate of drug-likeness (QED) is 0.806. The van der Waals surface area contributed by atoms with Gasteiger partial charge in [0, 0.05) is 31.9 Å². The lowest BCUT2D eigenvalue weighted by atomic mass is 10.2. The van der Waals surface area contributed by atoms with Crippen molar-refractivity contribution in [3.05, 3.63) is 30.1 Å². The van der Waals surface area contributed by atoms with E-state index < -0.39 is 0 Å². The number of likely N-dealkylation sites (N-methyl/N-ethyl adjacent to an activating group) is 1. The summed E-state index contributed by atoms with van der Waals surface area (Å²) in [4.78, 5) is 18.5. The van der Waals surface area contributed by atoms with Gasteiger partial charge in [-0.25, -0.2) is 4.39 Å². The van der Waals surface area contributed by atoms with Crippen LogP contribution in [0.25, 0.3) is 0 Å². The van der Waals surface area contributed by atoms with Crippen LogP contribution < -0.4 is 4.90 Å². The maximum Gasteiger partial charge on any atom is 0.236 e. The molecule has 22 heavy (non-hydrogen) atoms. The summed E-state index contributed by atoms with van der Waals surface area (Å²) in [6.07, 6.45) is 2.27. The molecule has 4 nitrogen and oxygen atoms in total. The normalized spacial score (nSPS) is 15.5. The van der Waals surface area contributed by atoms with E-state index in [2.05, 4.69) is 16.7 Å². The van der Waals surface area contributed by atoms with Crippen molar-refractivity contribution in [2.45, 2.75) is 19.8 Å². The maximum atomic E-state index is 13.0. The Bertz CT molecular complexity index is 469. The summed E-state index contributed by atoms with van der Waals surface area (Å²) >= 11 is 0. The van der Waals surface area contributed by atoms with Gasteiger partial charge in [0.1, 0.15) is 5.82 Å². The molecule has 122 valence electrons. The molecule has 2 rings (SSSR count). The Morgan fingerprint density at radius 2 is 1.82 bits per heavy atom. The minimum atomic E-state index is -0.215. The Hall–Kier alpha value is -1.62. The summed E-state index contributed by atoms with van der Waals surface area (Å²) in [5.74, 6) is -0.00922. The molecule has 1 aliphatic rings. The van der Waals surface area contributed by atoms with Gasteiger partial charge >= 0.3 is 0 Å². The van der Waals surface area contributed by atoms with Crippen LogP contribution in [-0.2, 0) is 4.79 Å². The van der Waals surface area contributed by atoms with Gasteiger partial charge < -0.3 is 9.80 Å². The van der Waals surface area contributed by atoms with Crippen LogP contribution in [0.4, 0.5) is 10.1 Å². The van der Waals surface area contributed by atoms with E-state index in [1.807, 2.05) is 11.9 Å². The number of unbranched alkanes of at least 4 members (excludes halogenated alkanes) is 1. The maximum absolute atomic E-state index is 13.0. The fourth-order valence-corrected chi connectivity index (χ4v) is 2.70. The SMILES string of the molecule is CCCCN(C)CC(=O)N1CCN(c2ccc(F)cc2)CC1. The van der Waals surface area contributed by atoms with Gasteiger partial charge in [0.2, 0.25) is 5.91 Å². The largest absolute Gasteiger partial charge is 0.368 e. The van der Waals surface area contributed by atoms with Crippen LogP contribution in [0.3, 0.4) is 0 Å². The third-order valence-corrected chi connectivity index (χ3v) is 4.12. The number of halogens is 1. The molecule has 5 heteroatoms. The molecular formula is C17H26FN3O. The number of hydrogen-bond donors (Lipinski definition) is 0. The van der Waals surface area contributed by atoms with Crippen LogP contribution in [-0.4, -0.2) is 62.0 Å². The van der Waals surface area contributed by atoms with Gasteiger partial charge in [-0.3, -0.25) is 9.69 Å². The predicted octanol–water partition coefficient (Wildman–Crippen LogP) is 2.21. The first-order chi connectivity index (χ1) is 10.6. The number of amides is 1. The fourth-order valence-electron chi connectivity index (χ4n) is 2.70. The molecule has 1 fully saturated rings. The van der Waals surface area contributed by atoms with E-state index in [9.17, 15) is 9.18 Å². The number of carbonyl (C=O) groups is 1. The Kier molecular flexibility index (Phi) is 6.19. The van der Waals surface area contributed by atoms with Crippen molar-refractivity contribution in [1.82, 2.24) is 9.80 Å². The highest BCUT2D eigenvalue weighted by Crippen LogP contribution is 2.17. The minimum Gasteiger partial charge on any atom is -0.368 e. The van der Waals surface area contributed by atoms with Gasteiger partial charge in [0.15, 0.2) is 0 Å². The van der Waals surface area contributed by atoms with Crippen LogP contribution in [0.2, 0.25) is 0 Å². The minimum absolute atomic E-state index is 0.206. The Morgan fingerprint density at radius 1 is 1.18 bits per heavy atom. The molecule has 1 saturated heterocycles. The first kappa shape index (κ1) is 16.7. The number of benzene rings is 1. The highest BCUT2D eigenvalue weighted by Gasteiger charge is 2.21. The van der Waals surface area contributed by atoms with Gasteiger partial charge in [-0.15, -0.1) is 0 Å². The molecule has 0 aromatic heterocycles. The topological polar surface area (TPSA) is 26.8 Å². The van der Waals surface area contributed by atoms with Crippen molar-refractivity contribution in [3.63, 3.8) is 0 Å². The zero-order valence-corrected chi connectivity index (χ0v) is 13.6. The van der Waals surface area contributed by atoms with Crippen molar-refractivity contribution in [1.29, 1.82) is 0 Å². The smallest absolute Gasteiger partial charge is 0.236 e. The summed E-state index contributed by atoms with van der Waals surface area (Å²) in [6.45, 7) is 6.69. The van der Waals surface area contributed by atoms with Crippen LogP contribution in [0, 0.1) is 5.82 Å². The molecule has 0 saturated carbocycles. The molecular weight excluding hydrogens is 281 g/mol. The molecule has 0 bridgehead atoms. The van der Waals surface area contributed by atoms with Crippen molar-refractivity contribution >= 4 is 11.6 Å². The summed E-state index contributed by atoms with van der Waals surface area (Å²) in [7, 11) is 2.00. The van der Waals surface area contributed by atoms with E-state index in [1.54, 1.807) is 12.1 Å². The lowest BCUT2D eigenvalue weighted by molar-refractivity contribution is -0.132. The Morgan fingerprint density at radius 3 is 2.41 bits per heavy atom. The first-order valence-corrected chi connectivity index (χ1v) is 8.07. The molecule has 1 aromatic carbocycles. The highest BCUT2D eigenvalue weighted by atomic mass is 19.1. The average Bonchev–Trinajstić information content (AvgIpc) is 2.54. The van der Waals surface area contributed by atoms with Crippen LogP contribution in [0.1, 0.15) is 19.8 Å².